The molecule has 0 aliphatic heterocycles. The van der Waals surface area contributed by atoms with E-state index < -0.39 is 10.0 Å². The molecule has 0 aliphatic carbocycles. The van der Waals surface area contributed by atoms with Gasteiger partial charge in [-0.05, 0) is 43.2 Å². The van der Waals surface area contributed by atoms with Crippen LogP contribution in [0.15, 0.2) is 68.8 Å². The topological polar surface area (TPSA) is 128 Å². The van der Waals surface area contributed by atoms with E-state index in [-0.39, 0.29) is 36.4 Å². The van der Waals surface area contributed by atoms with Gasteiger partial charge in [0.15, 0.2) is 0 Å². The fourth-order valence-electron chi connectivity index (χ4n) is 4.02. The molecule has 1 amide bonds. The van der Waals surface area contributed by atoms with Crippen LogP contribution in [0.5, 0.6) is 0 Å². The van der Waals surface area contributed by atoms with Crippen LogP contribution >= 0.6 is 0 Å². The van der Waals surface area contributed by atoms with Crippen LogP contribution in [0.3, 0.4) is 0 Å². The molecule has 0 radical (unpaired) electrons. The largest absolute Gasteiger partial charge is 0.445 e. The average Bonchev–Trinajstić information content (AvgIpc) is 3.59. The van der Waals surface area contributed by atoms with Gasteiger partial charge >= 0.3 is 0 Å². The van der Waals surface area contributed by atoms with E-state index in [0.29, 0.717) is 46.0 Å². The molecule has 0 unspecified atom stereocenters. The first-order chi connectivity index (χ1) is 19.1. The Morgan fingerprint density at radius 3 is 2.48 bits per heavy atom. The highest BCUT2D eigenvalue weighted by atomic mass is 32.2. The van der Waals surface area contributed by atoms with Crippen molar-refractivity contribution in [3.8, 4) is 22.6 Å². The van der Waals surface area contributed by atoms with E-state index in [4.69, 9.17) is 18.4 Å². The van der Waals surface area contributed by atoms with Gasteiger partial charge in [0, 0.05) is 37.9 Å². The summed E-state index contributed by atoms with van der Waals surface area (Å²) >= 11 is 0. The van der Waals surface area contributed by atoms with Gasteiger partial charge in [-0.2, -0.15) is 0 Å². The first kappa shape index (κ1) is 29.0. The summed E-state index contributed by atoms with van der Waals surface area (Å²) in [7, 11) is 0.631. The highest BCUT2D eigenvalue weighted by Crippen LogP contribution is 2.36. The summed E-state index contributed by atoms with van der Waals surface area (Å²) in [6.45, 7) is 3.62. The Hall–Kier alpha value is -4.00. The molecule has 0 saturated heterocycles. The van der Waals surface area contributed by atoms with Crippen LogP contribution in [0.25, 0.3) is 22.6 Å². The molecule has 4 rings (SSSR count). The Morgan fingerprint density at radius 2 is 1.82 bits per heavy atom. The molecule has 0 spiro atoms. The van der Waals surface area contributed by atoms with E-state index in [0.717, 1.165) is 4.31 Å². The Labute approximate surface area is 233 Å². The summed E-state index contributed by atoms with van der Waals surface area (Å²) in [5.41, 5.74) is 3.41. The minimum Gasteiger partial charge on any atom is -0.445 e. The van der Waals surface area contributed by atoms with Gasteiger partial charge in [-0.3, -0.25) is 4.79 Å². The number of likely N-dealkylation sites (N-methyl/N-ethyl adjacent to an activating group) is 1. The minimum absolute atomic E-state index is 0.0150. The van der Waals surface area contributed by atoms with Gasteiger partial charge in [0.05, 0.1) is 36.4 Å². The number of benzene rings is 2. The van der Waals surface area contributed by atoms with Crippen molar-refractivity contribution < 1.29 is 31.6 Å². The number of nitrogens with zero attached hydrogens (tertiary/aromatic N) is 4. The van der Waals surface area contributed by atoms with E-state index in [2.05, 4.69) is 10.1 Å². The molecule has 2 heterocycles. The number of hydrogen-bond acceptors (Lipinski definition) is 9. The highest BCUT2D eigenvalue weighted by molar-refractivity contribution is 7.93. The van der Waals surface area contributed by atoms with Crippen LogP contribution in [-0.2, 0) is 30.7 Å². The summed E-state index contributed by atoms with van der Waals surface area (Å²) in [6.07, 6.45) is 3.04. The summed E-state index contributed by atoms with van der Waals surface area (Å²) < 4.78 is 51.2. The molecule has 2 aromatic carbocycles. The lowest BCUT2D eigenvalue weighted by Crippen LogP contribution is -2.34. The molecule has 0 bridgehead atoms. The number of sulfonamides is 1. The smallest absolute Gasteiger partial charge is 0.269 e. The van der Waals surface area contributed by atoms with Gasteiger partial charge in [0.25, 0.3) is 10.0 Å². The molecule has 212 valence electrons. The van der Waals surface area contributed by atoms with Crippen molar-refractivity contribution in [1.29, 1.82) is 0 Å². The van der Waals surface area contributed by atoms with Gasteiger partial charge in [-0.15, -0.1) is 0 Å². The van der Waals surface area contributed by atoms with Gasteiger partial charge in [-0.25, -0.2) is 17.7 Å². The maximum atomic E-state index is 14.3. The van der Waals surface area contributed by atoms with Crippen molar-refractivity contribution in [2.45, 2.75) is 25.2 Å². The Bertz CT molecular complexity index is 1560. The van der Waals surface area contributed by atoms with Crippen LogP contribution in [0.2, 0.25) is 0 Å². The SMILES string of the molecule is COCCOCN(c1onc(C)c1C)S(=O)(=O)c1ccccc1-c1ccc(-c2ncco2)cc1CC(=O)N(C)C. The number of hydrogen-bond donors (Lipinski definition) is 0. The fourth-order valence-corrected chi connectivity index (χ4v) is 5.56. The lowest BCUT2D eigenvalue weighted by atomic mass is 9.95. The lowest BCUT2D eigenvalue weighted by Gasteiger charge is -2.24. The summed E-state index contributed by atoms with van der Waals surface area (Å²) in [5.74, 6) is 0.306. The molecule has 12 heteroatoms. The van der Waals surface area contributed by atoms with E-state index >= 15 is 0 Å². The van der Waals surface area contributed by atoms with Crippen LogP contribution in [0.1, 0.15) is 16.8 Å². The molecule has 0 N–H and O–H groups in total. The van der Waals surface area contributed by atoms with Gasteiger partial charge in [0.2, 0.25) is 17.7 Å². The number of anilines is 1. The van der Waals surface area contributed by atoms with Crippen molar-refractivity contribution in [3.63, 3.8) is 0 Å². The predicted octanol–water partition coefficient (Wildman–Crippen LogP) is 4.06. The van der Waals surface area contributed by atoms with Crippen LogP contribution < -0.4 is 4.31 Å². The standard InChI is InChI=1S/C28H32N4O7S/c1-19-20(2)30-39-28(19)32(18-37-15-14-36-5)40(34,35)25-9-7-6-8-24(25)23-11-10-21(27-29-12-13-38-27)16-22(23)17-26(33)31(3)4/h6-13,16H,14-15,17-18H2,1-5H3. The lowest BCUT2D eigenvalue weighted by molar-refractivity contribution is -0.127. The summed E-state index contributed by atoms with van der Waals surface area (Å²) in [6, 6.07) is 12.0. The first-order valence-electron chi connectivity index (χ1n) is 12.5. The van der Waals surface area contributed by atoms with Crippen LogP contribution in [0, 0.1) is 13.8 Å². The number of aromatic nitrogens is 2. The Balaban J connectivity index is 1.85. The highest BCUT2D eigenvalue weighted by Gasteiger charge is 2.33. The fraction of sp³-hybridized carbons (Fsp3) is 0.321. The summed E-state index contributed by atoms with van der Waals surface area (Å²) in [5, 5.41) is 3.95. The molecule has 4 aromatic rings. The second kappa shape index (κ2) is 12.5. The zero-order chi connectivity index (χ0) is 28.9. The molecule has 11 nitrogen and oxygen atoms in total. The number of carbonyl (C=O) groups excluding carboxylic acids is 1. The number of amides is 1. The third-order valence-electron chi connectivity index (χ3n) is 6.37. The minimum atomic E-state index is -4.24. The van der Waals surface area contributed by atoms with E-state index in [1.807, 2.05) is 0 Å². The van der Waals surface area contributed by atoms with Gasteiger partial charge in [0.1, 0.15) is 13.0 Å². The monoisotopic (exact) mass is 568 g/mol. The molecule has 0 atom stereocenters. The maximum absolute atomic E-state index is 14.3. The van der Waals surface area contributed by atoms with Crippen molar-refractivity contribution in [2.75, 3.05) is 45.5 Å². The molecule has 2 aromatic heterocycles. The first-order valence-corrected chi connectivity index (χ1v) is 13.9. The van der Waals surface area contributed by atoms with Gasteiger partial charge < -0.3 is 23.3 Å². The average molecular weight is 569 g/mol. The van der Waals surface area contributed by atoms with Crippen molar-refractivity contribution in [3.05, 3.63) is 71.7 Å². The molecular formula is C28H32N4O7S. The number of aryl methyl sites for hydroxylation is 1. The number of rotatable bonds is 12. The zero-order valence-corrected chi connectivity index (χ0v) is 23.9. The Kier molecular flexibility index (Phi) is 9.03. The number of methoxy groups -OCH3 is 1. The number of oxazole rings is 1. The maximum Gasteiger partial charge on any atom is 0.269 e. The van der Waals surface area contributed by atoms with Gasteiger partial charge in [-0.1, -0.05) is 29.4 Å². The molecular weight excluding hydrogens is 536 g/mol. The molecule has 40 heavy (non-hydrogen) atoms. The zero-order valence-electron chi connectivity index (χ0n) is 23.1. The predicted molar refractivity (Wildman–Crippen MR) is 148 cm³/mol. The van der Waals surface area contributed by atoms with Crippen molar-refractivity contribution >= 4 is 21.8 Å². The normalized spacial score (nSPS) is 11.5. The third-order valence-corrected chi connectivity index (χ3v) is 8.13. The van der Waals surface area contributed by atoms with E-state index in [1.54, 1.807) is 64.3 Å². The second-order valence-electron chi connectivity index (χ2n) is 9.25. The van der Waals surface area contributed by atoms with Crippen molar-refractivity contribution in [1.82, 2.24) is 15.0 Å². The molecule has 0 aliphatic rings. The molecule has 0 fully saturated rings. The third kappa shape index (κ3) is 6.09. The van der Waals surface area contributed by atoms with Crippen LogP contribution in [0.4, 0.5) is 5.88 Å². The Morgan fingerprint density at radius 1 is 1.05 bits per heavy atom. The van der Waals surface area contributed by atoms with E-state index in [9.17, 15) is 13.2 Å². The van der Waals surface area contributed by atoms with E-state index in [1.165, 1.54) is 30.5 Å². The van der Waals surface area contributed by atoms with Crippen LogP contribution in [-0.4, -0.2) is 70.5 Å². The quantitative estimate of drug-likeness (QED) is 0.184. The van der Waals surface area contributed by atoms with Crippen molar-refractivity contribution in [2.24, 2.45) is 0 Å². The molecule has 0 saturated carbocycles. The second-order valence-corrected chi connectivity index (χ2v) is 11.1. The number of ether oxygens (including phenoxy) is 2. The number of carbonyl (C=O) groups is 1. The summed E-state index contributed by atoms with van der Waals surface area (Å²) in [4.78, 5) is 18.5.